The van der Waals surface area contributed by atoms with Crippen LogP contribution in [0.2, 0.25) is 0 Å². The second-order valence-corrected chi connectivity index (χ2v) is 7.24. The summed E-state index contributed by atoms with van der Waals surface area (Å²) in [6, 6.07) is 28.7. The molecule has 0 saturated carbocycles. The molecule has 0 amide bonds. The Labute approximate surface area is 165 Å². The van der Waals surface area contributed by atoms with Gasteiger partial charge in [0.1, 0.15) is 0 Å². The highest BCUT2D eigenvalue weighted by molar-refractivity contribution is 5.96. The van der Waals surface area contributed by atoms with Crippen LogP contribution >= 0.6 is 0 Å². The van der Waals surface area contributed by atoms with Crippen molar-refractivity contribution in [3.8, 4) is 0 Å². The predicted octanol–water partition coefficient (Wildman–Crippen LogP) is 5.56. The van der Waals surface area contributed by atoms with Crippen molar-refractivity contribution in [2.75, 3.05) is 0 Å². The van der Waals surface area contributed by atoms with Gasteiger partial charge in [-0.25, -0.2) is 4.98 Å². The third-order valence-corrected chi connectivity index (χ3v) is 5.36. The first kappa shape index (κ1) is 18.2. The smallest absolute Gasteiger partial charge is 0.198 e. The number of carbonyl (C=O) groups is 1. The van der Waals surface area contributed by atoms with Crippen molar-refractivity contribution in [3.05, 3.63) is 102 Å². The third kappa shape index (κ3) is 3.89. The molecule has 0 unspecified atom stereocenters. The molecule has 3 heteroatoms. The first-order valence-corrected chi connectivity index (χ1v) is 9.76. The molecule has 0 radical (unpaired) electrons. The minimum atomic E-state index is 0.0978. The highest BCUT2D eigenvalue weighted by Gasteiger charge is 2.21. The number of para-hydroxylation sites is 2. The minimum absolute atomic E-state index is 0.0978. The zero-order valence-electron chi connectivity index (χ0n) is 16.1. The van der Waals surface area contributed by atoms with E-state index in [0.29, 0.717) is 12.2 Å². The quantitative estimate of drug-likeness (QED) is 0.400. The fourth-order valence-corrected chi connectivity index (χ4v) is 3.81. The van der Waals surface area contributed by atoms with Crippen LogP contribution in [-0.4, -0.2) is 15.3 Å². The Kier molecular flexibility index (Phi) is 5.34. The summed E-state index contributed by atoms with van der Waals surface area (Å²) < 4.78 is 1.91. The van der Waals surface area contributed by atoms with Crippen molar-refractivity contribution in [2.24, 2.45) is 7.05 Å². The number of hydrogen-bond donors (Lipinski definition) is 0. The van der Waals surface area contributed by atoms with E-state index < -0.39 is 0 Å². The van der Waals surface area contributed by atoms with E-state index in [9.17, 15) is 4.79 Å². The van der Waals surface area contributed by atoms with Crippen molar-refractivity contribution >= 4 is 16.8 Å². The molecule has 0 fully saturated rings. The Morgan fingerprint density at radius 2 is 1.54 bits per heavy atom. The number of ketones is 1. The zero-order valence-corrected chi connectivity index (χ0v) is 16.1. The van der Waals surface area contributed by atoms with Crippen molar-refractivity contribution in [1.29, 1.82) is 0 Å². The molecule has 0 saturated heterocycles. The Morgan fingerprint density at radius 1 is 0.893 bits per heavy atom. The van der Waals surface area contributed by atoms with Gasteiger partial charge in [0.05, 0.1) is 11.0 Å². The number of aryl methyl sites for hydroxylation is 2. The van der Waals surface area contributed by atoms with E-state index in [1.165, 1.54) is 11.1 Å². The molecule has 0 bridgehead atoms. The van der Waals surface area contributed by atoms with Crippen molar-refractivity contribution in [2.45, 2.75) is 25.2 Å². The number of nitrogens with zero attached hydrogens (tertiary/aromatic N) is 2. The molecule has 3 nitrogen and oxygen atoms in total. The Morgan fingerprint density at radius 3 is 2.25 bits per heavy atom. The lowest BCUT2D eigenvalue weighted by atomic mass is 9.88. The van der Waals surface area contributed by atoms with Gasteiger partial charge in [0.15, 0.2) is 11.6 Å². The molecular weight excluding hydrogens is 344 g/mol. The Balaban J connectivity index is 1.57. The number of carbonyl (C=O) groups excluding carboxylic acids is 1. The highest BCUT2D eigenvalue weighted by atomic mass is 16.1. The van der Waals surface area contributed by atoms with Crippen molar-refractivity contribution in [1.82, 2.24) is 9.55 Å². The average Bonchev–Trinajstić information content (AvgIpc) is 3.09. The fraction of sp³-hybridized carbons (Fsp3) is 0.200. The van der Waals surface area contributed by atoms with Crippen LogP contribution in [-0.2, 0) is 13.5 Å². The normalized spacial score (nSPS) is 12.2. The molecule has 0 N–H and O–H groups in total. The van der Waals surface area contributed by atoms with Gasteiger partial charge in [0.2, 0.25) is 0 Å². The summed E-state index contributed by atoms with van der Waals surface area (Å²) >= 11 is 0. The lowest BCUT2D eigenvalue weighted by molar-refractivity contribution is 0.0959. The molecule has 4 aromatic rings. The fourth-order valence-electron chi connectivity index (χ4n) is 3.81. The number of aromatic nitrogens is 2. The van der Waals surface area contributed by atoms with Gasteiger partial charge in [-0.05, 0) is 42.0 Å². The molecule has 0 aliphatic rings. The first-order valence-electron chi connectivity index (χ1n) is 9.76. The van der Waals surface area contributed by atoms with E-state index >= 15 is 0 Å². The van der Waals surface area contributed by atoms with Gasteiger partial charge in [-0.2, -0.15) is 0 Å². The molecular formula is C25H24N2O. The Hall–Kier alpha value is -3.20. The first-order chi connectivity index (χ1) is 13.7. The topological polar surface area (TPSA) is 34.9 Å². The molecule has 0 aliphatic heterocycles. The van der Waals surface area contributed by atoms with Crippen LogP contribution in [0.25, 0.3) is 11.0 Å². The molecule has 28 heavy (non-hydrogen) atoms. The molecule has 0 aliphatic carbocycles. The maximum Gasteiger partial charge on any atom is 0.198 e. The highest BCUT2D eigenvalue weighted by Crippen LogP contribution is 2.27. The summed E-state index contributed by atoms with van der Waals surface area (Å²) in [4.78, 5) is 17.7. The van der Waals surface area contributed by atoms with E-state index in [2.05, 4.69) is 41.4 Å². The third-order valence-electron chi connectivity index (χ3n) is 5.36. The van der Waals surface area contributed by atoms with E-state index in [1.807, 2.05) is 60.1 Å². The molecule has 1 heterocycles. The van der Waals surface area contributed by atoms with Crippen LogP contribution in [0.15, 0.2) is 84.9 Å². The molecule has 1 aromatic heterocycles. The van der Waals surface area contributed by atoms with Gasteiger partial charge in [-0.15, -0.1) is 0 Å². The van der Waals surface area contributed by atoms with Crippen LogP contribution in [0.3, 0.4) is 0 Å². The lowest BCUT2D eigenvalue weighted by Gasteiger charge is -2.17. The number of Topliss-reactive ketones (excluding diaryl/α,β-unsaturated/α-hetero) is 1. The summed E-state index contributed by atoms with van der Waals surface area (Å²) in [6.45, 7) is 0. The van der Waals surface area contributed by atoms with Crippen LogP contribution in [0, 0.1) is 0 Å². The Bertz CT molecular complexity index is 1070. The lowest BCUT2D eigenvalue weighted by Crippen LogP contribution is -2.13. The monoisotopic (exact) mass is 368 g/mol. The summed E-state index contributed by atoms with van der Waals surface area (Å²) in [5.41, 5.74) is 4.38. The molecule has 4 rings (SSSR count). The van der Waals surface area contributed by atoms with E-state index in [-0.39, 0.29) is 11.7 Å². The number of rotatable bonds is 7. The molecule has 3 aromatic carbocycles. The zero-order chi connectivity index (χ0) is 19.3. The van der Waals surface area contributed by atoms with Crippen LogP contribution in [0.5, 0.6) is 0 Å². The standard InChI is InChI=1S/C25H24N2O/c1-27-23-15-9-8-14-22(23)26-25(27)24(28)18-21(20-12-6-3-7-13-20)17-16-19-10-4-2-5-11-19/h2-15,21H,16-18H2,1H3/t21-/m1/s1. The van der Waals surface area contributed by atoms with E-state index in [1.54, 1.807) is 0 Å². The van der Waals surface area contributed by atoms with Crippen molar-refractivity contribution < 1.29 is 4.79 Å². The summed E-state index contributed by atoms with van der Waals surface area (Å²) in [5.74, 6) is 0.816. The van der Waals surface area contributed by atoms with Gasteiger partial charge in [-0.1, -0.05) is 72.8 Å². The number of benzene rings is 3. The second kappa shape index (κ2) is 8.22. The second-order valence-electron chi connectivity index (χ2n) is 7.24. The summed E-state index contributed by atoms with van der Waals surface area (Å²) in [6.07, 6.45) is 2.36. The number of hydrogen-bond acceptors (Lipinski definition) is 2. The summed E-state index contributed by atoms with van der Waals surface area (Å²) in [7, 11) is 1.92. The largest absolute Gasteiger partial charge is 0.325 e. The SMILES string of the molecule is Cn1c(C(=O)C[C@@H](CCc2ccccc2)c2ccccc2)nc2ccccc21. The van der Waals surface area contributed by atoms with Crippen molar-refractivity contribution in [3.63, 3.8) is 0 Å². The van der Waals surface area contributed by atoms with Gasteiger partial charge in [0, 0.05) is 13.5 Å². The van der Waals surface area contributed by atoms with Crippen LogP contribution in [0.4, 0.5) is 0 Å². The molecule has 140 valence electrons. The van der Waals surface area contributed by atoms with Gasteiger partial charge in [-0.3, -0.25) is 4.79 Å². The van der Waals surface area contributed by atoms with Gasteiger partial charge in [0.25, 0.3) is 0 Å². The molecule has 1 atom stereocenters. The van der Waals surface area contributed by atoms with Crippen LogP contribution in [0.1, 0.15) is 40.5 Å². The predicted molar refractivity (Wildman–Crippen MR) is 114 cm³/mol. The molecule has 0 spiro atoms. The van der Waals surface area contributed by atoms with Crippen LogP contribution < -0.4 is 0 Å². The van der Waals surface area contributed by atoms with Gasteiger partial charge >= 0.3 is 0 Å². The van der Waals surface area contributed by atoms with E-state index in [0.717, 1.165) is 23.9 Å². The maximum absolute atomic E-state index is 13.1. The summed E-state index contributed by atoms with van der Waals surface area (Å²) in [5, 5.41) is 0. The average molecular weight is 368 g/mol. The number of imidazole rings is 1. The van der Waals surface area contributed by atoms with Gasteiger partial charge < -0.3 is 4.57 Å². The van der Waals surface area contributed by atoms with E-state index in [4.69, 9.17) is 0 Å². The maximum atomic E-state index is 13.1. The number of fused-ring (bicyclic) bond motifs is 1. The minimum Gasteiger partial charge on any atom is -0.325 e.